The zero-order chi connectivity index (χ0) is 13.0. The summed E-state index contributed by atoms with van der Waals surface area (Å²) in [5, 5.41) is 2.00. The van der Waals surface area contributed by atoms with E-state index in [0.717, 1.165) is 18.5 Å². The van der Waals surface area contributed by atoms with Crippen LogP contribution in [0.4, 0.5) is 5.69 Å². The van der Waals surface area contributed by atoms with Gasteiger partial charge in [0, 0.05) is 17.8 Å². The molecule has 5 heteroatoms. The highest BCUT2D eigenvalue weighted by molar-refractivity contribution is 7.10. The monoisotopic (exact) mass is 267 g/mol. The van der Waals surface area contributed by atoms with Crippen LogP contribution >= 0.6 is 11.3 Å². The Kier molecular flexibility index (Phi) is 4.36. The SMILES string of the molecule is CCOC(=O)CCN1C(=O)CCCc2sccc21. The Morgan fingerprint density at radius 2 is 2.33 bits per heavy atom. The van der Waals surface area contributed by atoms with Gasteiger partial charge < -0.3 is 9.64 Å². The van der Waals surface area contributed by atoms with E-state index < -0.39 is 0 Å². The van der Waals surface area contributed by atoms with Crippen LogP contribution in [0, 0.1) is 0 Å². The summed E-state index contributed by atoms with van der Waals surface area (Å²) in [5.41, 5.74) is 0.979. The van der Waals surface area contributed by atoms with Gasteiger partial charge in [-0.1, -0.05) is 0 Å². The highest BCUT2D eigenvalue weighted by Gasteiger charge is 2.23. The minimum atomic E-state index is -0.244. The highest BCUT2D eigenvalue weighted by Crippen LogP contribution is 2.31. The van der Waals surface area contributed by atoms with E-state index in [4.69, 9.17) is 4.74 Å². The molecule has 4 nitrogen and oxygen atoms in total. The van der Waals surface area contributed by atoms with Crippen LogP contribution in [0.25, 0.3) is 0 Å². The average Bonchev–Trinajstić information content (AvgIpc) is 2.73. The molecule has 1 aromatic rings. The fraction of sp³-hybridized carbons (Fsp3) is 0.538. The van der Waals surface area contributed by atoms with Crippen molar-refractivity contribution in [2.75, 3.05) is 18.1 Å². The predicted molar refractivity (Wildman–Crippen MR) is 70.9 cm³/mol. The first kappa shape index (κ1) is 13.1. The first-order valence-electron chi connectivity index (χ1n) is 6.24. The van der Waals surface area contributed by atoms with Crippen LogP contribution in [-0.4, -0.2) is 25.0 Å². The molecule has 0 unspecified atom stereocenters. The number of carbonyl (C=O) groups excluding carboxylic acids is 2. The lowest BCUT2D eigenvalue weighted by molar-refractivity contribution is -0.142. The standard InChI is InChI=1S/C13H17NO3S/c1-2-17-13(16)6-8-14-10-7-9-18-11(10)4-3-5-12(14)15/h7,9H,2-6,8H2,1H3. The number of nitrogens with zero attached hydrogens (tertiary/aromatic N) is 1. The molecule has 18 heavy (non-hydrogen) atoms. The molecule has 0 spiro atoms. The molecule has 0 atom stereocenters. The predicted octanol–water partition coefficient (Wildman–Crippen LogP) is 2.37. The number of amides is 1. The van der Waals surface area contributed by atoms with Gasteiger partial charge in [0.05, 0.1) is 18.7 Å². The maximum absolute atomic E-state index is 12.0. The summed E-state index contributed by atoms with van der Waals surface area (Å²) < 4.78 is 4.89. The van der Waals surface area contributed by atoms with Crippen molar-refractivity contribution in [3.05, 3.63) is 16.3 Å². The van der Waals surface area contributed by atoms with E-state index >= 15 is 0 Å². The molecule has 0 fully saturated rings. The minimum Gasteiger partial charge on any atom is -0.466 e. The summed E-state index contributed by atoms with van der Waals surface area (Å²) in [6.07, 6.45) is 2.66. The number of carbonyl (C=O) groups is 2. The number of hydrogen-bond acceptors (Lipinski definition) is 4. The summed E-state index contributed by atoms with van der Waals surface area (Å²) in [4.78, 5) is 26.4. The van der Waals surface area contributed by atoms with Crippen molar-refractivity contribution >= 4 is 28.9 Å². The van der Waals surface area contributed by atoms with Gasteiger partial charge in [-0.25, -0.2) is 0 Å². The van der Waals surface area contributed by atoms with E-state index in [2.05, 4.69) is 0 Å². The van der Waals surface area contributed by atoms with Gasteiger partial charge in [-0.15, -0.1) is 11.3 Å². The van der Waals surface area contributed by atoms with Gasteiger partial charge in [0.25, 0.3) is 0 Å². The largest absolute Gasteiger partial charge is 0.466 e. The zero-order valence-corrected chi connectivity index (χ0v) is 11.3. The Morgan fingerprint density at radius 1 is 1.50 bits per heavy atom. The molecule has 0 aliphatic carbocycles. The van der Waals surface area contributed by atoms with E-state index in [9.17, 15) is 9.59 Å². The molecule has 0 radical (unpaired) electrons. The number of anilines is 1. The first-order chi connectivity index (χ1) is 8.72. The van der Waals surface area contributed by atoms with Gasteiger partial charge >= 0.3 is 5.97 Å². The van der Waals surface area contributed by atoms with E-state index in [0.29, 0.717) is 19.6 Å². The van der Waals surface area contributed by atoms with E-state index in [1.54, 1.807) is 23.2 Å². The number of ether oxygens (including phenoxy) is 1. The van der Waals surface area contributed by atoms with Crippen molar-refractivity contribution in [1.82, 2.24) is 0 Å². The number of fused-ring (bicyclic) bond motifs is 1. The van der Waals surface area contributed by atoms with Crippen LogP contribution < -0.4 is 4.90 Å². The van der Waals surface area contributed by atoms with E-state index in [1.165, 1.54) is 4.88 Å². The molecule has 1 aromatic heterocycles. The van der Waals surface area contributed by atoms with Gasteiger partial charge in [0.15, 0.2) is 0 Å². The van der Waals surface area contributed by atoms with Gasteiger partial charge in [-0.2, -0.15) is 0 Å². The smallest absolute Gasteiger partial charge is 0.307 e. The molecule has 1 aliphatic rings. The third-order valence-electron chi connectivity index (χ3n) is 2.95. The molecular weight excluding hydrogens is 250 g/mol. The molecule has 2 heterocycles. The molecule has 0 saturated carbocycles. The number of hydrogen-bond donors (Lipinski definition) is 0. The minimum absolute atomic E-state index is 0.108. The molecule has 1 amide bonds. The Hall–Kier alpha value is -1.36. The Balaban J connectivity index is 2.06. The fourth-order valence-corrected chi connectivity index (χ4v) is 3.03. The maximum Gasteiger partial charge on any atom is 0.307 e. The summed E-state index contributed by atoms with van der Waals surface area (Å²) in [6.45, 7) is 2.59. The lowest BCUT2D eigenvalue weighted by Crippen LogP contribution is -2.32. The van der Waals surface area contributed by atoms with Crippen LogP contribution in [0.2, 0.25) is 0 Å². The second-order valence-electron chi connectivity index (χ2n) is 4.18. The van der Waals surface area contributed by atoms with Crippen molar-refractivity contribution in [2.45, 2.75) is 32.6 Å². The van der Waals surface area contributed by atoms with Crippen molar-refractivity contribution in [3.63, 3.8) is 0 Å². The summed E-state index contributed by atoms with van der Waals surface area (Å²) in [7, 11) is 0. The average molecular weight is 267 g/mol. The second kappa shape index (κ2) is 6.00. The molecule has 98 valence electrons. The van der Waals surface area contributed by atoms with Gasteiger partial charge in [0.1, 0.15) is 0 Å². The highest BCUT2D eigenvalue weighted by atomic mass is 32.1. The lowest BCUT2D eigenvalue weighted by Gasteiger charge is -2.20. The van der Waals surface area contributed by atoms with Crippen LogP contribution in [0.5, 0.6) is 0 Å². The first-order valence-corrected chi connectivity index (χ1v) is 7.12. The second-order valence-corrected chi connectivity index (χ2v) is 5.18. The van der Waals surface area contributed by atoms with Crippen molar-refractivity contribution in [3.8, 4) is 0 Å². The van der Waals surface area contributed by atoms with Crippen LogP contribution in [0.1, 0.15) is 31.1 Å². The Morgan fingerprint density at radius 3 is 3.11 bits per heavy atom. The van der Waals surface area contributed by atoms with Crippen LogP contribution in [-0.2, 0) is 20.7 Å². The van der Waals surface area contributed by atoms with E-state index in [-0.39, 0.29) is 18.3 Å². The van der Waals surface area contributed by atoms with Crippen LogP contribution in [0.15, 0.2) is 11.4 Å². The third-order valence-corrected chi connectivity index (χ3v) is 3.92. The van der Waals surface area contributed by atoms with Crippen molar-refractivity contribution < 1.29 is 14.3 Å². The number of rotatable bonds is 4. The molecule has 0 bridgehead atoms. The summed E-state index contributed by atoms with van der Waals surface area (Å²) >= 11 is 1.68. The van der Waals surface area contributed by atoms with Gasteiger partial charge in [0.2, 0.25) is 5.91 Å². The summed E-state index contributed by atoms with van der Waals surface area (Å²) in [5.74, 6) is -0.136. The molecule has 1 aliphatic heterocycles. The molecule has 0 aromatic carbocycles. The normalized spacial score (nSPS) is 15.2. The topological polar surface area (TPSA) is 46.6 Å². The molecule has 0 N–H and O–H groups in total. The number of aryl methyl sites for hydroxylation is 1. The molecule has 0 saturated heterocycles. The lowest BCUT2D eigenvalue weighted by atomic mass is 10.2. The maximum atomic E-state index is 12.0. The zero-order valence-electron chi connectivity index (χ0n) is 10.5. The van der Waals surface area contributed by atoms with E-state index in [1.807, 2.05) is 11.4 Å². The Labute approximate surface area is 111 Å². The van der Waals surface area contributed by atoms with Crippen molar-refractivity contribution in [2.24, 2.45) is 0 Å². The molecular formula is C13H17NO3S. The van der Waals surface area contributed by atoms with Crippen LogP contribution in [0.3, 0.4) is 0 Å². The third kappa shape index (κ3) is 2.90. The summed E-state index contributed by atoms with van der Waals surface area (Å²) in [6, 6.07) is 1.97. The number of thiophene rings is 1. The quantitative estimate of drug-likeness (QED) is 0.787. The van der Waals surface area contributed by atoms with Gasteiger partial charge in [-0.05, 0) is 31.2 Å². The van der Waals surface area contributed by atoms with Gasteiger partial charge in [-0.3, -0.25) is 9.59 Å². The van der Waals surface area contributed by atoms with Crippen molar-refractivity contribution in [1.29, 1.82) is 0 Å². The Bertz CT molecular complexity index is 441. The number of esters is 1. The molecule has 2 rings (SSSR count). The fourth-order valence-electron chi connectivity index (χ4n) is 2.11.